The van der Waals surface area contributed by atoms with Gasteiger partial charge in [-0.15, -0.1) is 0 Å². The van der Waals surface area contributed by atoms with Crippen LogP contribution in [0.5, 0.6) is 0 Å². The highest BCUT2D eigenvalue weighted by atomic mass is 35.5. The molecule has 0 heterocycles. The Morgan fingerprint density at radius 2 is 1.81 bits per heavy atom. The maximum absolute atomic E-state index is 11.3. The van der Waals surface area contributed by atoms with E-state index in [4.69, 9.17) is 16.7 Å². The number of rotatable bonds is 4. The molecule has 0 aliphatic heterocycles. The van der Waals surface area contributed by atoms with E-state index < -0.39 is 27.8 Å². The Morgan fingerprint density at radius 3 is 2.19 bits per heavy atom. The Morgan fingerprint density at radius 1 is 1.31 bits per heavy atom. The molecule has 2 N–H and O–H groups in total. The Hall–Kier alpha value is -0.620. The van der Waals surface area contributed by atoms with Crippen molar-refractivity contribution in [2.45, 2.75) is 11.4 Å². The van der Waals surface area contributed by atoms with Crippen LogP contribution < -0.4 is 0 Å². The van der Waals surface area contributed by atoms with Gasteiger partial charge in [-0.25, -0.2) is 8.42 Å². The van der Waals surface area contributed by atoms with Crippen LogP contribution in [-0.4, -0.2) is 36.7 Å². The van der Waals surface area contributed by atoms with Crippen molar-refractivity contribution < 1.29 is 18.6 Å². The van der Waals surface area contributed by atoms with Gasteiger partial charge in [-0.05, 0) is 17.7 Å². The Bertz CT molecular complexity index is 440. The fraction of sp³-hybridized carbons (Fsp3) is 0.400. The topological polar surface area (TPSA) is 74.6 Å². The quantitative estimate of drug-likeness (QED) is 0.843. The molecule has 0 unspecified atom stereocenters. The summed E-state index contributed by atoms with van der Waals surface area (Å²) >= 11 is 5.67. The molecule has 4 nitrogen and oxygen atoms in total. The number of hydrogen-bond acceptors (Lipinski definition) is 4. The minimum Gasteiger partial charge on any atom is -0.395 e. The van der Waals surface area contributed by atoms with Crippen molar-refractivity contribution in [2.75, 3.05) is 12.9 Å². The predicted molar refractivity (Wildman–Crippen MR) is 62.1 cm³/mol. The molecule has 1 aromatic rings. The van der Waals surface area contributed by atoms with Gasteiger partial charge >= 0.3 is 0 Å². The average Bonchev–Trinajstić information content (AvgIpc) is 2.17. The molecule has 0 amide bonds. The third-order valence-corrected chi connectivity index (χ3v) is 4.05. The van der Waals surface area contributed by atoms with Gasteiger partial charge in [0.05, 0.1) is 12.7 Å². The predicted octanol–water partition coefficient (Wildman–Crippen LogP) is 0.779. The minimum atomic E-state index is -3.51. The summed E-state index contributed by atoms with van der Waals surface area (Å²) in [5.74, 6) is 0. The lowest BCUT2D eigenvalue weighted by atomic mass is 10.1. The number of benzene rings is 1. The van der Waals surface area contributed by atoms with E-state index in [0.29, 0.717) is 10.6 Å². The molecule has 6 heteroatoms. The van der Waals surface area contributed by atoms with E-state index in [0.717, 1.165) is 6.26 Å². The standard InChI is InChI=1S/C10H13ClO4S/c1-16(14,15)9(6-12)10(13)7-2-4-8(11)5-3-7/h2-5,9-10,12-13H,6H2,1H3/t9-,10-/m1/s1. The molecule has 0 radical (unpaired) electrons. The summed E-state index contributed by atoms with van der Waals surface area (Å²) in [7, 11) is -3.51. The molecule has 0 saturated carbocycles. The van der Waals surface area contributed by atoms with Gasteiger partial charge in [0.25, 0.3) is 0 Å². The molecular weight excluding hydrogens is 252 g/mol. The highest BCUT2D eigenvalue weighted by Gasteiger charge is 2.29. The molecule has 0 bridgehead atoms. The van der Waals surface area contributed by atoms with E-state index in [-0.39, 0.29) is 0 Å². The highest BCUT2D eigenvalue weighted by molar-refractivity contribution is 7.91. The second-order valence-corrected chi connectivity index (χ2v) is 6.25. The maximum atomic E-state index is 11.3. The van der Waals surface area contributed by atoms with E-state index in [9.17, 15) is 13.5 Å². The molecule has 0 fully saturated rings. The van der Waals surface area contributed by atoms with Crippen LogP contribution in [-0.2, 0) is 9.84 Å². The van der Waals surface area contributed by atoms with Gasteiger partial charge < -0.3 is 10.2 Å². The fourth-order valence-corrected chi connectivity index (χ4v) is 2.37. The minimum absolute atomic E-state index is 0.411. The van der Waals surface area contributed by atoms with Crippen molar-refractivity contribution in [2.24, 2.45) is 0 Å². The number of sulfone groups is 1. The third-order valence-electron chi connectivity index (χ3n) is 2.29. The van der Waals surface area contributed by atoms with E-state index in [2.05, 4.69) is 0 Å². The molecule has 0 aliphatic carbocycles. The molecule has 0 saturated heterocycles. The molecule has 1 aromatic carbocycles. The molecule has 0 aliphatic rings. The van der Waals surface area contributed by atoms with Crippen LogP contribution in [0.4, 0.5) is 0 Å². The first-order valence-corrected chi connectivity index (χ1v) is 6.92. The molecule has 2 atom stereocenters. The summed E-state index contributed by atoms with van der Waals surface area (Å²) < 4.78 is 22.6. The first-order valence-electron chi connectivity index (χ1n) is 4.59. The number of aliphatic hydroxyl groups excluding tert-OH is 2. The average molecular weight is 265 g/mol. The molecular formula is C10H13ClO4S. The van der Waals surface area contributed by atoms with Crippen LogP contribution in [0.15, 0.2) is 24.3 Å². The summed E-state index contributed by atoms with van der Waals surface area (Å²) in [6, 6.07) is 6.16. The van der Waals surface area contributed by atoms with Gasteiger partial charge in [0.2, 0.25) is 0 Å². The SMILES string of the molecule is CS(=O)(=O)[C@H](CO)[C@H](O)c1ccc(Cl)cc1. The lowest BCUT2D eigenvalue weighted by Crippen LogP contribution is -2.31. The molecule has 0 aromatic heterocycles. The number of aliphatic hydroxyl groups is 2. The lowest BCUT2D eigenvalue weighted by Gasteiger charge is -2.19. The summed E-state index contributed by atoms with van der Waals surface area (Å²) in [4.78, 5) is 0. The Labute approximate surface area is 99.4 Å². The molecule has 90 valence electrons. The van der Waals surface area contributed by atoms with E-state index in [1.54, 1.807) is 12.1 Å². The maximum Gasteiger partial charge on any atom is 0.155 e. The van der Waals surface area contributed by atoms with Crippen LogP contribution in [0.1, 0.15) is 11.7 Å². The van der Waals surface area contributed by atoms with Crippen molar-refractivity contribution in [3.63, 3.8) is 0 Å². The third kappa shape index (κ3) is 3.18. The van der Waals surface area contributed by atoms with Crippen LogP contribution in [0.25, 0.3) is 0 Å². The van der Waals surface area contributed by atoms with Crippen molar-refractivity contribution in [1.82, 2.24) is 0 Å². The monoisotopic (exact) mass is 264 g/mol. The number of hydrogen-bond donors (Lipinski definition) is 2. The second-order valence-electron chi connectivity index (χ2n) is 3.55. The molecule has 0 spiro atoms. The van der Waals surface area contributed by atoms with E-state index in [1.807, 2.05) is 0 Å². The number of halogens is 1. The summed E-state index contributed by atoms with van der Waals surface area (Å²) in [6.45, 7) is -0.622. The smallest absolute Gasteiger partial charge is 0.155 e. The largest absolute Gasteiger partial charge is 0.395 e. The summed E-state index contributed by atoms with van der Waals surface area (Å²) in [5, 5.41) is 18.1. The first-order chi connectivity index (χ1) is 7.36. The van der Waals surface area contributed by atoms with Crippen molar-refractivity contribution in [1.29, 1.82) is 0 Å². The van der Waals surface area contributed by atoms with Gasteiger partial charge in [-0.1, -0.05) is 23.7 Å². The Kier molecular flexibility index (Phi) is 4.32. The van der Waals surface area contributed by atoms with E-state index in [1.165, 1.54) is 12.1 Å². The molecule has 16 heavy (non-hydrogen) atoms. The van der Waals surface area contributed by atoms with Gasteiger partial charge in [0.15, 0.2) is 9.84 Å². The van der Waals surface area contributed by atoms with Crippen LogP contribution in [0, 0.1) is 0 Å². The van der Waals surface area contributed by atoms with Gasteiger partial charge in [-0.2, -0.15) is 0 Å². The summed E-state index contributed by atoms with van der Waals surface area (Å²) in [6.07, 6.45) is -0.273. The van der Waals surface area contributed by atoms with Crippen LogP contribution in [0.2, 0.25) is 5.02 Å². The van der Waals surface area contributed by atoms with Crippen molar-refractivity contribution >= 4 is 21.4 Å². The van der Waals surface area contributed by atoms with Crippen LogP contribution >= 0.6 is 11.6 Å². The highest BCUT2D eigenvalue weighted by Crippen LogP contribution is 2.23. The zero-order valence-electron chi connectivity index (χ0n) is 8.67. The van der Waals surface area contributed by atoms with Gasteiger partial charge in [0, 0.05) is 11.3 Å². The van der Waals surface area contributed by atoms with Crippen molar-refractivity contribution in [3.05, 3.63) is 34.9 Å². The van der Waals surface area contributed by atoms with Gasteiger partial charge in [-0.3, -0.25) is 0 Å². The van der Waals surface area contributed by atoms with Crippen molar-refractivity contribution in [3.8, 4) is 0 Å². The first kappa shape index (κ1) is 13.4. The second kappa shape index (κ2) is 5.14. The zero-order chi connectivity index (χ0) is 12.3. The lowest BCUT2D eigenvalue weighted by molar-refractivity contribution is 0.138. The summed E-state index contributed by atoms with van der Waals surface area (Å²) in [5.41, 5.74) is 0.411. The van der Waals surface area contributed by atoms with Gasteiger partial charge in [0.1, 0.15) is 5.25 Å². The normalized spacial score (nSPS) is 15.8. The van der Waals surface area contributed by atoms with Crippen LogP contribution in [0.3, 0.4) is 0 Å². The Balaban J connectivity index is 3.00. The zero-order valence-corrected chi connectivity index (χ0v) is 10.2. The molecule has 1 rings (SSSR count). The fourth-order valence-electron chi connectivity index (χ4n) is 1.34. The van der Waals surface area contributed by atoms with E-state index >= 15 is 0 Å².